The molecule has 4 N–H and O–H groups in total. The van der Waals surface area contributed by atoms with Crippen LogP contribution in [0.15, 0.2) is 18.2 Å². The van der Waals surface area contributed by atoms with Gasteiger partial charge in [-0.25, -0.2) is 0 Å². The zero-order valence-corrected chi connectivity index (χ0v) is 13.7. The third-order valence-corrected chi connectivity index (χ3v) is 3.06. The molecule has 0 aromatic heterocycles. The van der Waals surface area contributed by atoms with Crippen molar-refractivity contribution in [1.29, 1.82) is 0 Å². The van der Waals surface area contributed by atoms with Crippen molar-refractivity contribution in [2.75, 3.05) is 26.8 Å². The SMILES string of the molecule is CCNC(=O)COc1ccc(CNC(=O)CCCN)cc1OC. The molecular formula is C16H25N3O4. The van der Waals surface area contributed by atoms with E-state index in [1.165, 1.54) is 7.11 Å². The third-order valence-electron chi connectivity index (χ3n) is 3.06. The Labute approximate surface area is 136 Å². The van der Waals surface area contributed by atoms with Gasteiger partial charge in [0.2, 0.25) is 5.91 Å². The molecule has 1 rings (SSSR count). The van der Waals surface area contributed by atoms with Crippen LogP contribution in [0, 0.1) is 0 Å². The fraction of sp³-hybridized carbons (Fsp3) is 0.500. The molecule has 0 heterocycles. The first-order chi connectivity index (χ1) is 11.1. The van der Waals surface area contributed by atoms with Gasteiger partial charge in [0.05, 0.1) is 7.11 Å². The van der Waals surface area contributed by atoms with Gasteiger partial charge in [0.1, 0.15) is 0 Å². The number of likely N-dealkylation sites (N-methyl/N-ethyl adjacent to an activating group) is 1. The van der Waals surface area contributed by atoms with Gasteiger partial charge < -0.3 is 25.8 Å². The van der Waals surface area contributed by atoms with E-state index in [2.05, 4.69) is 10.6 Å². The van der Waals surface area contributed by atoms with E-state index >= 15 is 0 Å². The summed E-state index contributed by atoms with van der Waals surface area (Å²) in [5.41, 5.74) is 6.25. The van der Waals surface area contributed by atoms with E-state index in [4.69, 9.17) is 15.2 Å². The first-order valence-electron chi connectivity index (χ1n) is 7.63. The number of hydrogen-bond acceptors (Lipinski definition) is 5. The van der Waals surface area contributed by atoms with Crippen LogP contribution < -0.4 is 25.8 Å². The minimum Gasteiger partial charge on any atom is -0.493 e. The summed E-state index contributed by atoms with van der Waals surface area (Å²) in [6, 6.07) is 5.31. The lowest BCUT2D eigenvalue weighted by atomic mass is 10.2. The Kier molecular flexibility index (Phi) is 8.52. The highest BCUT2D eigenvalue weighted by Crippen LogP contribution is 2.28. The van der Waals surface area contributed by atoms with Gasteiger partial charge in [-0.15, -0.1) is 0 Å². The average molecular weight is 323 g/mol. The number of benzene rings is 1. The van der Waals surface area contributed by atoms with Crippen molar-refractivity contribution in [3.63, 3.8) is 0 Å². The lowest BCUT2D eigenvalue weighted by molar-refractivity contribution is -0.123. The van der Waals surface area contributed by atoms with Gasteiger partial charge in [-0.3, -0.25) is 9.59 Å². The molecule has 0 aliphatic rings. The summed E-state index contributed by atoms with van der Waals surface area (Å²) in [6.45, 7) is 3.23. The van der Waals surface area contributed by atoms with Crippen molar-refractivity contribution >= 4 is 11.8 Å². The molecule has 0 aliphatic heterocycles. The van der Waals surface area contributed by atoms with E-state index in [0.717, 1.165) is 5.56 Å². The summed E-state index contributed by atoms with van der Waals surface area (Å²) in [5, 5.41) is 5.47. The molecule has 0 saturated heterocycles. The number of amides is 2. The standard InChI is InChI=1S/C16H25N3O4/c1-3-18-16(21)11-23-13-7-6-12(9-14(13)22-2)10-19-15(20)5-4-8-17/h6-7,9H,3-5,8,10-11,17H2,1-2H3,(H,18,21)(H,19,20). The van der Waals surface area contributed by atoms with E-state index in [-0.39, 0.29) is 18.4 Å². The maximum Gasteiger partial charge on any atom is 0.257 e. The van der Waals surface area contributed by atoms with Crippen LogP contribution >= 0.6 is 0 Å². The topological polar surface area (TPSA) is 103 Å². The Bertz CT molecular complexity index is 520. The number of carbonyl (C=O) groups is 2. The van der Waals surface area contributed by atoms with Crippen molar-refractivity contribution in [2.45, 2.75) is 26.3 Å². The van der Waals surface area contributed by atoms with Gasteiger partial charge >= 0.3 is 0 Å². The largest absolute Gasteiger partial charge is 0.493 e. The Morgan fingerprint density at radius 1 is 1.17 bits per heavy atom. The summed E-state index contributed by atoms with van der Waals surface area (Å²) >= 11 is 0. The van der Waals surface area contributed by atoms with Crippen LogP contribution in [0.1, 0.15) is 25.3 Å². The molecule has 0 radical (unpaired) electrons. The second-order valence-corrected chi connectivity index (χ2v) is 4.90. The van der Waals surface area contributed by atoms with Gasteiger partial charge in [-0.2, -0.15) is 0 Å². The number of carbonyl (C=O) groups excluding carboxylic acids is 2. The Hall–Kier alpha value is -2.28. The summed E-state index contributed by atoms with van der Waals surface area (Å²) < 4.78 is 10.7. The second kappa shape index (κ2) is 10.4. The van der Waals surface area contributed by atoms with Crippen LogP contribution in [-0.2, 0) is 16.1 Å². The fourth-order valence-corrected chi connectivity index (χ4v) is 1.88. The van der Waals surface area contributed by atoms with E-state index in [1.54, 1.807) is 12.1 Å². The lowest BCUT2D eigenvalue weighted by Gasteiger charge is -2.12. The first-order valence-corrected chi connectivity index (χ1v) is 7.63. The molecule has 128 valence electrons. The van der Waals surface area contributed by atoms with Gasteiger partial charge in [0.15, 0.2) is 18.1 Å². The maximum absolute atomic E-state index is 11.6. The predicted molar refractivity (Wildman–Crippen MR) is 87.3 cm³/mol. The Morgan fingerprint density at radius 3 is 2.61 bits per heavy atom. The molecule has 23 heavy (non-hydrogen) atoms. The van der Waals surface area contributed by atoms with Crippen molar-refractivity contribution in [2.24, 2.45) is 5.73 Å². The number of rotatable bonds is 10. The second-order valence-electron chi connectivity index (χ2n) is 4.90. The van der Waals surface area contributed by atoms with Crippen LogP contribution in [0.25, 0.3) is 0 Å². The predicted octanol–water partition coefficient (Wildman–Crippen LogP) is 0.565. The summed E-state index contributed by atoms with van der Waals surface area (Å²) in [4.78, 5) is 23.0. The lowest BCUT2D eigenvalue weighted by Crippen LogP contribution is -2.28. The first kappa shape index (κ1) is 18.8. The fourth-order valence-electron chi connectivity index (χ4n) is 1.88. The number of methoxy groups -OCH3 is 1. The zero-order chi connectivity index (χ0) is 17.1. The van der Waals surface area contributed by atoms with Crippen LogP contribution in [0.3, 0.4) is 0 Å². The molecule has 0 fully saturated rings. The van der Waals surface area contributed by atoms with Crippen molar-refractivity contribution < 1.29 is 19.1 Å². The zero-order valence-electron chi connectivity index (χ0n) is 13.7. The van der Waals surface area contributed by atoms with Crippen molar-refractivity contribution in [3.8, 4) is 11.5 Å². The quantitative estimate of drug-likeness (QED) is 0.584. The summed E-state index contributed by atoms with van der Waals surface area (Å²) in [7, 11) is 1.53. The molecule has 7 heteroatoms. The van der Waals surface area contributed by atoms with E-state index < -0.39 is 0 Å². The molecule has 0 atom stereocenters. The molecule has 0 unspecified atom stereocenters. The molecular weight excluding hydrogens is 298 g/mol. The summed E-state index contributed by atoms with van der Waals surface area (Å²) in [5.74, 6) is 0.775. The number of hydrogen-bond donors (Lipinski definition) is 3. The molecule has 0 saturated carbocycles. The van der Waals surface area contributed by atoms with E-state index in [9.17, 15) is 9.59 Å². The Morgan fingerprint density at radius 2 is 1.96 bits per heavy atom. The van der Waals surface area contributed by atoms with Crippen LogP contribution in [0.4, 0.5) is 0 Å². The third kappa shape index (κ3) is 7.01. The minimum absolute atomic E-state index is 0.0361. The summed E-state index contributed by atoms with van der Waals surface area (Å²) in [6.07, 6.45) is 1.09. The minimum atomic E-state index is -0.189. The van der Waals surface area contributed by atoms with Gasteiger partial charge in [-0.1, -0.05) is 6.07 Å². The van der Waals surface area contributed by atoms with Gasteiger partial charge in [0.25, 0.3) is 5.91 Å². The number of nitrogens with two attached hydrogens (primary N) is 1. The van der Waals surface area contributed by atoms with E-state index in [0.29, 0.717) is 44.0 Å². The number of ether oxygens (including phenoxy) is 2. The highest BCUT2D eigenvalue weighted by molar-refractivity contribution is 5.77. The molecule has 2 amide bonds. The molecule has 7 nitrogen and oxygen atoms in total. The molecule has 0 bridgehead atoms. The molecule has 1 aromatic rings. The monoisotopic (exact) mass is 323 g/mol. The highest BCUT2D eigenvalue weighted by atomic mass is 16.5. The normalized spacial score (nSPS) is 10.0. The molecule has 0 spiro atoms. The highest BCUT2D eigenvalue weighted by Gasteiger charge is 2.09. The molecule has 0 aliphatic carbocycles. The van der Waals surface area contributed by atoms with Crippen LogP contribution in [0.2, 0.25) is 0 Å². The van der Waals surface area contributed by atoms with Gasteiger partial charge in [0, 0.05) is 19.5 Å². The Balaban J connectivity index is 2.58. The van der Waals surface area contributed by atoms with Crippen LogP contribution in [0.5, 0.6) is 11.5 Å². The van der Waals surface area contributed by atoms with E-state index in [1.807, 2.05) is 13.0 Å². The molecule has 1 aromatic carbocycles. The maximum atomic E-state index is 11.6. The number of nitrogens with one attached hydrogen (secondary N) is 2. The van der Waals surface area contributed by atoms with Crippen molar-refractivity contribution in [3.05, 3.63) is 23.8 Å². The van der Waals surface area contributed by atoms with Crippen LogP contribution in [-0.4, -0.2) is 38.6 Å². The smallest absolute Gasteiger partial charge is 0.257 e. The van der Waals surface area contributed by atoms with Crippen molar-refractivity contribution in [1.82, 2.24) is 10.6 Å². The van der Waals surface area contributed by atoms with Gasteiger partial charge in [-0.05, 0) is 37.6 Å². The average Bonchev–Trinajstić information content (AvgIpc) is 2.56.